The SMILES string of the molecule is CNC(Cc1cccc(C)c1)c1cccc(Cl)c1F. The third kappa shape index (κ3) is 3.34. The fourth-order valence-electron chi connectivity index (χ4n) is 2.23. The standard InChI is InChI=1S/C16H17ClFN/c1-11-5-3-6-12(9-11)10-15(19-2)13-7-4-8-14(17)16(13)18/h3-9,15,19H,10H2,1-2H3. The maximum absolute atomic E-state index is 14.0. The summed E-state index contributed by atoms with van der Waals surface area (Å²) in [7, 11) is 1.83. The van der Waals surface area contributed by atoms with Crippen LogP contribution in [-0.4, -0.2) is 7.05 Å². The van der Waals surface area contributed by atoms with Crippen molar-refractivity contribution < 1.29 is 4.39 Å². The number of hydrogen-bond acceptors (Lipinski definition) is 1. The Kier molecular flexibility index (Phi) is 4.56. The van der Waals surface area contributed by atoms with Crippen molar-refractivity contribution in [2.75, 3.05) is 7.05 Å². The summed E-state index contributed by atoms with van der Waals surface area (Å²) in [6, 6.07) is 13.3. The second-order valence-corrected chi connectivity index (χ2v) is 5.08. The summed E-state index contributed by atoms with van der Waals surface area (Å²) in [5, 5.41) is 3.32. The summed E-state index contributed by atoms with van der Waals surface area (Å²) < 4.78 is 14.0. The summed E-state index contributed by atoms with van der Waals surface area (Å²) in [5.74, 6) is -0.337. The maximum Gasteiger partial charge on any atom is 0.146 e. The smallest absolute Gasteiger partial charge is 0.146 e. The van der Waals surface area contributed by atoms with Crippen LogP contribution in [0.5, 0.6) is 0 Å². The van der Waals surface area contributed by atoms with Gasteiger partial charge in [0.15, 0.2) is 0 Å². The molecule has 0 bridgehead atoms. The molecule has 1 unspecified atom stereocenters. The predicted molar refractivity (Wildman–Crippen MR) is 78.1 cm³/mol. The molecule has 0 aliphatic carbocycles. The molecular weight excluding hydrogens is 261 g/mol. The molecule has 0 aliphatic heterocycles. The van der Waals surface area contributed by atoms with Gasteiger partial charge in [-0.15, -0.1) is 0 Å². The van der Waals surface area contributed by atoms with E-state index in [9.17, 15) is 4.39 Å². The van der Waals surface area contributed by atoms with Gasteiger partial charge in [0.2, 0.25) is 0 Å². The highest BCUT2D eigenvalue weighted by atomic mass is 35.5. The molecule has 2 aromatic rings. The molecule has 100 valence electrons. The average molecular weight is 278 g/mol. The number of benzene rings is 2. The van der Waals surface area contributed by atoms with Crippen LogP contribution < -0.4 is 5.32 Å². The van der Waals surface area contributed by atoms with Crippen LogP contribution in [0.15, 0.2) is 42.5 Å². The van der Waals surface area contributed by atoms with Crippen LogP contribution in [-0.2, 0) is 6.42 Å². The molecule has 0 saturated heterocycles. The fraction of sp³-hybridized carbons (Fsp3) is 0.250. The summed E-state index contributed by atoms with van der Waals surface area (Å²) in [6.45, 7) is 2.05. The Hall–Kier alpha value is -1.38. The van der Waals surface area contributed by atoms with Crippen molar-refractivity contribution in [2.45, 2.75) is 19.4 Å². The lowest BCUT2D eigenvalue weighted by molar-refractivity contribution is 0.534. The third-order valence-corrected chi connectivity index (χ3v) is 3.52. The Labute approximate surface area is 118 Å². The highest BCUT2D eigenvalue weighted by molar-refractivity contribution is 6.30. The number of aryl methyl sites for hydroxylation is 1. The maximum atomic E-state index is 14.0. The van der Waals surface area contributed by atoms with Crippen molar-refractivity contribution in [3.8, 4) is 0 Å². The lowest BCUT2D eigenvalue weighted by Gasteiger charge is -2.18. The van der Waals surface area contributed by atoms with Crippen LogP contribution >= 0.6 is 11.6 Å². The number of rotatable bonds is 4. The van der Waals surface area contributed by atoms with Crippen molar-refractivity contribution in [1.82, 2.24) is 5.32 Å². The van der Waals surface area contributed by atoms with E-state index in [1.54, 1.807) is 18.2 Å². The van der Waals surface area contributed by atoms with E-state index in [0.29, 0.717) is 5.56 Å². The van der Waals surface area contributed by atoms with Gasteiger partial charge in [0.1, 0.15) is 5.82 Å². The molecule has 3 heteroatoms. The molecule has 1 atom stereocenters. The first-order valence-electron chi connectivity index (χ1n) is 6.28. The number of nitrogens with one attached hydrogen (secondary N) is 1. The Morgan fingerprint density at radius 1 is 1.21 bits per heavy atom. The van der Waals surface area contributed by atoms with E-state index < -0.39 is 0 Å². The van der Waals surface area contributed by atoms with Gasteiger partial charge in [0.05, 0.1) is 5.02 Å². The minimum Gasteiger partial charge on any atom is -0.313 e. The third-order valence-electron chi connectivity index (χ3n) is 3.23. The second-order valence-electron chi connectivity index (χ2n) is 4.68. The molecule has 0 aromatic heterocycles. The van der Waals surface area contributed by atoms with Crippen LogP contribution in [0.4, 0.5) is 4.39 Å². The first-order valence-corrected chi connectivity index (χ1v) is 6.66. The van der Waals surface area contributed by atoms with Crippen LogP contribution in [0, 0.1) is 12.7 Å². The van der Waals surface area contributed by atoms with Gasteiger partial charge in [0.25, 0.3) is 0 Å². The largest absolute Gasteiger partial charge is 0.313 e. The number of halogens is 2. The Morgan fingerprint density at radius 2 is 1.95 bits per heavy atom. The molecule has 19 heavy (non-hydrogen) atoms. The Balaban J connectivity index is 2.28. The lowest BCUT2D eigenvalue weighted by atomic mass is 9.97. The van der Waals surface area contributed by atoms with E-state index in [2.05, 4.69) is 30.4 Å². The molecule has 2 aromatic carbocycles. The van der Waals surface area contributed by atoms with Gasteiger partial charge in [-0.2, -0.15) is 0 Å². The highest BCUT2D eigenvalue weighted by Crippen LogP contribution is 2.25. The van der Waals surface area contributed by atoms with Crippen molar-refractivity contribution in [3.05, 3.63) is 70.0 Å². The van der Waals surface area contributed by atoms with Gasteiger partial charge in [0, 0.05) is 11.6 Å². The van der Waals surface area contributed by atoms with E-state index in [0.717, 1.165) is 6.42 Å². The first-order chi connectivity index (χ1) is 9.11. The molecule has 1 N–H and O–H groups in total. The summed E-state index contributed by atoms with van der Waals surface area (Å²) in [5.41, 5.74) is 2.99. The Bertz CT molecular complexity index is 568. The molecule has 0 radical (unpaired) electrons. The van der Waals surface area contributed by atoms with Crippen molar-refractivity contribution in [2.24, 2.45) is 0 Å². The molecule has 2 rings (SSSR count). The Morgan fingerprint density at radius 3 is 2.63 bits per heavy atom. The second kappa shape index (κ2) is 6.18. The first kappa shape index (κ1) is 14.0. The minimum absolute atomic E-state index is 0.0829. The van der Waals surface area contributed by atoms with Crippen LogP contribution in [0.2, 0.25) is 5.02 Å². The summed E-state index contributed by atoms with van der Waals surface area (Å²) in [6.07, 6.45) is 0.732. The highest BCUT2D eigenvalue weighted by Gasteiger charge is 2.16. The van der Waals surface area contributed by atoms with Gasteiger partial charge in [-0.3, -0.25) is 0 Å². The lowest BCUT2D eigenvalue weighted by Crippen LogP contribution is -2.20. The van der Waals surface area contributed by atoms with Crippen molar-refractivity contribution in [3.63, 3.8) is 0 Å². The van der Waals surface area contributed by atoms with Crippen molar-refractivity contribution >= 4 is 11.6 Å². The number of hydrogen-bond donors (Lipinski definition) is 1. The molecule has 1 nitrogen and oxygen atoms in total. The average Bonchev–Trinajstić information content (AvgIpc) is 2.40. The quantitative estimate of drug-likeness (QED) is 0.879. The van der Waals surface area contributed by atoms with Gasteiger partial charge in [-0.25, -0.2) is 4.39 Å². The molecule has 0 heterocycles. The molecule has 0 fully saturated rings. The van der Waals surface area contributed by atoms with E-state index in [1.165, 1.54) is 11.1 Å². The van der Waals surface area contributed by atoms with E-state index in [1.807, 2.05) is 13.1 Å². The van der Waals surface area contributed by atoms with Crippen LogP contribution in [0.25, 0.3) is 0 Å². The normalized spacial score (nSPS) is 12.4. The summed E-state index contributed by atoms with van der Waals surface area (Å²) >= 11 is 5.84. The zero-order valence-electron chi connectivity index (χ0n) is 11.1. The molecule has 0 aliphatic rings. The molecular formula is C16H17ClFN. The molecule has 0 amide bonds. The van der Waals surface area contributed by atoms with E-state index in [4.69, 9.17) is 11.6 Å². The molecule has 0 spiro atoms. The zero-order chi connectivity index (χ0) is 13.8. The predicted octanol–water partition coefficient (Wildman–Crippen LogP) is 4.29. The monoisotopic (exact) mass is 277 g/mol. The van der Waals surface area contributed by atoms with E-state index >= 15 is 0 Å². The van der Waals surface area contributed by atoms with Gasteiger partial charge < -0.3 is 5.32 Å². The van der Waals surface area contributed by atoms with Gasteiger partial charge in [-0.1, -0.05) is 53.6 Å². The van der Waals surface area contributed by atoms with Crippen LogP contribution in [0.3, 0.4) is 0 Å². The fourth-order valence-corrected chi connectivity index (χ4v) is 2.41. The molecule has 0 saturated carbocycles. The van der Waals surface area contributed by atoms with E-state index in [-0.39, 0.29) is 16.9 Å². The van der Waals surface area contributed by atoms with Gasteiger partial charge >= 0.3 is 0 Å². The summed E-state index contributed by atoms with van der Waals surface area (Å²) in [4.78, 5) is 0. The number of likely N-dealkylation sites (N-methyl/N-ethyl adjacent to an activating group) is 1. The zero-order valence-corrected chi connectivity index (χ0v) is 11.8. The van der Waals surface area contributed by atoms with Crippen LogP contribution in [0.1, 0.15) is 22.7 Å². The van der Waals surface area contributed by atoms with Crippen molar-refractivity contribution in [1.29, 1.82) is 0 Å². The topological polar surface area (TPSA) is 12.0 Å². The minimum atomic E-state index is -0.337. The van der Waals surface area contributed by atoms with Gasteiger partial charge in [-0.05, 0) is 32.0 Å².